The Morgan fingerprint density at radius 2 is 1.87 bits per heavy atom. The predicted molar refractivity (Wildman–Crippen MR) is 111 cm³/mol. The van der Waals surface area contributed by atoms with Crippen molar-refractivity contribution in [3.8, 4) is 16.3 Å². The zero-order valence-corrected chi connectivity index (χ0v) is 17.4. The lowest BCUT2D eigenvalue weighted by atomic mass is 10.1. The standard InChI is InChI=1S/C22H21F3N2O2S/c1-14-5-3-6-18(13-14)29-12-4-11-26-20(28)19-15(2)27-21(30-19)16-7-9-17(10-8-16)22(23,24)25/h3,5-10,13H,4,11-12H2,1-2H3,(H,26,28). The highest BCUT2D eigenvalue weighted by Gasteiger charge is 2.30. The smallest absolute Gasteiger partial charge is 0.416 e. The van der Waals surface area contributed by atoms with Crippen LogP contribution in [0.2, 0.25) is 0 Å². The van der Waals surface area contributed by atoms with Crippen LogP contribution < -0.4 is 10.1 Å². The van der Waals surface area contributed by atoms with Crippen molar-refractivity contribution in [3.63, 3.8) is 0 Å². The van der Waals surface area contributed by atoms with Crippen molar-refractivity contribution in [1.29, 1.82) is 0 Å². The van der Waals surface area contributed by atoms with Gasteiger partial charge in [-0.05, 0) is 50.1 Å². The van der Waals surface area contributed by atoms with Gasteiger partial charge in [0, 0.05) is 12.1 Å². The number of amides is 1. The van der Waals surface area contributed by atoms with Gasteiger partial charge in [0.2, 0.25) is 0 Å². The maximum absolute atomic E-state index is 12.7. The van der Waals surface area contributed by atoms with Gasteiger partial charge in [0.15, 0.2) is 0 Å². The Morgan fingerprint density at radius 1 is 1.13 bits per heavy atom. The van der Waals surface area contributed by atoms with Gasteiger partial charge in [0.05, 0.1) is 17.9 Å². The van der Waals surface area contributed by atoms with Crippen LogP contribution >= 0.6 is 11.3 Å². The first kappa shape index (κ1) is 21.8. The minimum Gasteiger partial charge on any atom is -0.494 e. The lowest BCUT2D eigenvalue weighted by molar-refractivity contribution is -0.137. The Balaban J connectivity index is 1.53. The number of thiazole rings is 1. The van der Waals surface area contributed by atoms with E-state index in [1.54, 1.807) is 6.92 Å². The number of benzene rings is 2. The lowest BCUT2D eigenvalue weighted by Gasteiger charge is -2.07. The molecule has 3 rings (SSSR count). The number of aryl methyl sites for hydroxylation is 2. The van der Waals surface area contributed by atoms with Crippen LogP contribution in [0.15, 0.2) is 48.5 Å². The van der Waals surface area contributed by atoms with Crippen molar-refractivity contribution in [3.05, 3.63) is 70.2 Å². The molecule has 1 aromatic heterocycles. The number of aromatic nitrogens is 1. The van der Waals surface area contributed by atoms with Gasteiger partial charge in [-0.25, -0.2) is 4.98 Å². The van der Waals surface area contributed by atoms with Crippen molar-refractivity contribution in [2.75, 3.05) is 13.2 Å². The van der Waals surface area contributed by atoms with E-state index in [2.05, 4.69) is 10.3 Å². The first-order valence-electron chi connectivity index (χ1n) is 9.37. The average Bonchev–Trinajstić information content (AvgIpc) is 3.09. The highest BCUT2D eigenvalue weighted by Crippen LogP contribution is 2.33. The molecule has 0 saturated heterocycles. The van der Waals surface area contributed by atoms with Crippen molar-refractivity contribution >= 4 is 17.2 Å². The number of halogens is 3. The van der Waals surface area contributed by atoms with E-state index in [9.17, 15) is 18.0 Å². The minimum absolute atomic E-state index is 0.251. The molecule has 4 nitrogen and oxygen atoms in total. The zero-order valence-electron chi connectivity index (χ0n) is 16.5. The number of nitrogens with one attached hydrogen (secondary N) is 1. The molecule has 1 heterocycles. The van der Waals surface area contributed by atoms with Gasteiger partial charge in [-0.15, -0.1) is 11.3 Å². The highest BCUT2D eigenvalue weighted by atomic mass is 32.1. The number of rotatable bonds is 7. The number of ether oxygens (including phenoxy) is 1. The largest absolute Gasteiger partial charge is 0.494 e. The molecule has 0 aliphatic carbocycles. The molecule has 0 aliphatic heterocycles. The van der Waals surface area contributed by atoms with E-state index in [1.165, 1.54) is 12.1 Å². The van der Waals surface area contributed by atoms with Gasteiger partial charge < -0.3 is 10.1 Å². The fourth-order valence-electron chi connectivity index (χ4n) is 2.78. The van der Waals surface area contributed by atoms with Crippen molar-refractivity contribution in [2.24, 2.45) is 0 Å². The van der Waals surface area contributed by atoms with Gasteiger partial charge in [-0.3, -0.25) is 4.79 Å². The average molecular weight is 434 g/mol. The third kappa shape index (κ3) is 5.60. The molecular formula is C22H21F3N2O2S. The maximum atomic E-state index is 12.7. The molecule has 0 unspecified atom stereocenters. The van der Waals surface area contributed by atoms with Crippen molar-refractivity contribution < 1.29 is 22.7 Å². The van der Waals surface area contributed by atoms with Crippen LogP contribution in [0.25, 0.3) is 10.6 Å². The Kier molecular flexibility index (Phi) is 6.77. The molecule has 8 heteroatoms. The molecule has 0 aliphatic rings. The van der Waals surface area contributed by atoms with Crippen LogP contribution in [-0.2, 0) is 6.18 Å². The highest BCUT2D eigenvalue weighted by molar-refractivity contribution is 7.17. The second kappa shape index (κ2) is 9.30. The Bertz CT molecular complexity index is 1010. The third-order valence-electron chi connectivity index (χ3n) is 4.33. The molecule has 2 aromatic carbocycles. The SMILES string of the molecule is Cc1cccc(OCCCNC(=O)c2sc(-c3ccc(C(F)(F)F)cc3)nc2C)c1. The van der Waals surface area contributed by atoms with Gasteiger partial charge in [-0.1, -0.05) is 24.3 Å². The first-order valence-corrected chi connectivity index (χ1v) is 10.2. The minimum atomic E-state index is -4.38. The number of nitrogens with zero attached hydrogens (tertiary/aromatic N) is 1. The molecule has 0 atom stereocenters. The summed E-state index contributed by atoms with van der Waals surface area (Å²) in [7, 11) is 0. The second-order valence-corrected chi connectivity index (χ2v) is 7.78. The monoisotopic (exact) mass is 434 g/mol. The number of alkyl halides is 3. The van der Waals surface area contributed by atoms with Gasteiger partial charge >= 0.3 is 6.18 Å². The second-order valence-electron chi connectivity index (χ2n) is 6.78. The molecule has 30 heavy (non-hydrogen) atoms. The zero-order chi connectivity index (χ0) is 21.7. The molecule has 0 spiro atoms. The summed E-state index contributed by atoms with van der Waals surface area (Å²) < 4.78 is 43.8. The molecule has 3 aromatic rings. The maximum Gasteiger partial charge on any atom is 0.416 e. The number of carbonyl (C=O) groups is 1. The summed E-state index contributed by atoms with van der Waals surface area (Å²) in [6, 6.07) is 12.5. The van der Waals surface area contributed by atoms with E-state index in [0.717, 1.165) is 34.8 Å². The molecule has 0 radical (unpaired) electrons. The molecule has 0 fully saturated rings. The number of carbonyl (C=O) groups excluding carboxylic acids is 1. The van der Waals surface area contributed by atoms with Crippen LogP contribution in [0.1, 0.15) is 32.9 Å². The summed E-state index contributed by atoms with van der Waals surface area (Å²) in [6.45, 7) is 4.61. The quantitative estimate of drug-likeness (QED) is 0.489. The van der Waals surface area contributed by atoms with Crippen molar-refractivity contribution in [2.45, 2.75) is 26.4 Å². The summed E-state index contributed by atoms with van der Waals surface area (Å²) in [4.78, 5) is 17.2. The Morgan fingerprint density at radius 3 is 2.53 bits per heavy atom. The van der Waals surface area contributed by atoms with Crippen LogP contribution in [0, 0.1) is 13.8 Å². The number of hydrogen-bond acceptors (Lipinski definition) is 4. The van der Waals surface area contributed by atoms with E-state index in [1.807, 2.05) is 31.2 Å². The Labute approximate surface area is 176 Å². The van der Waals surface area contributed by atoms with Crippen LogP contribution in [0.3, 0.4) is 0 Å². The van der Waals surface area contributed by atoms with Crippen LogP contribution in [-0.4, -0.2) is 24.0 Å². The summed E-state index contributed by atoms with van der Waals surface area (Å²) >= 11 is 1.16. The number of hydrogen-bond donors (Lipinski definition) is 1. The lowest BCUT2D eigenvalue weighted by Crippen LogP contribution is -2.25. The molecule has 1 amide bonds. The van der Waals surface area contributed by atoms with Gasteiger partial charge in [0.25, 0.3) is 5.91 Å². The Hall–Kier alpha value is -2.87. The molecular weight excluding hydrogens is 413 g/mol. The summed E-state index contributed by atoms with van der Waals surface area (Å²) in [5.41, 5.74) is 1.49. The van der Waals surface area contributed by atoms with E-state index in [4.69, 9.17) is 4.74 Å². The van der Waals surface area contributed by atoms with E-state index >= 15 is 0 Å². The topological polar surface area (TPSA) is 51.2 Å². The fourth-order valence-corrected chi connectivity index (χ4v) is 3.77. The van der Waals surface area contributed by atoms with Crippen molar-refractivity contribution in [1.82, 2.24) is 10.3 Å². The predicted octanol–water partition coefficient (Wildman–Crippen LogP) is 5.64. The normalized spacial score (nSPS) is 11.4. The summed E-state index contributed by atoms with van der Waals surface area (Å²) in [6.07, 6.45) is -3.74. The molecule has 158 valence electrons. The molecule has 0 saturated carbocycles. The summed E-state index contributed by atoms with van der Waals surface area (Å²) in [5.74, 6) is 0.541. The molecule has 1 N–H and O–H groups in total. The van der Waals surface area contributed by atoms with E-state index < -0.39 is 11.7 Å². The van der Waals surface area contributed by atoms with Gasteiger partial charge in [0.1, 0.15) is 15.6 Å². The van der Waals surface area contributed by atoms with E-state index in [0.29, 0.717) is 40.7 Å². The van der Waals surface area contributed by atoms with E-state index in [-0.39, 0.29) is 5.91 Å². The van der Waals surface area contributed by atoms with Gasteiger partial charge in [-0.2, -0.15) is 13.2 Å². The van der Waals surface area contributed by atoms with Crippen LogP contribution in [0.5, 0.6) is 5.75 Å². The summed E-state index contributed by atoms with van der Waals surface area (Å²) in [5, 5.41) is 3.34. The van der Waals surface area contributed by atoms with Crippen LogP contribution in [0.4, 0.5) is 13.2 Å². The first-order chi connectivity index (χ1) is 14.2. The fraction of sp³-hybridized carbons (Fsp3) is 0.273. The third-order valence-corrected chi connectivity index (χ3v) is 5.53. The molecule has 0 bridgehead atoms.